The average Bonchev–Trinajstić information content (AvgIpc) is 2.14. The maximum absolute atomic E-state index is 11.6. The standard InChI is InChI=1S/C10H20N2O2/c1-7-4-3-5-9(12-7)10(14)11-6-8(2)13/h7-9,12-13H,3-6H2,1-2H3,(H,11,14). The fraction of sp³-hybridized carbons (Fsp3) is 0.900. The normalized spacial score (nSPS) is 29.6. The van der Waals surface area contributed by atoms with E-state index in [2.05, 4.69) is 17.6 Å². The van der Waals surface area contributed by atoms with Crippen molar-refractivity contribution in [3.63, 3.8) is 0 Å². The molecule has 4 nitrogen and oxygen atoms in total. The number of carbonyl (C=O) groups excluding carboxylic acids is 1. The second-order valence-electron chi connectivity index (χ2n) is 4.15. The molecule has 0 aromatic carbocycles. The van der Waals surface area contributed by atoms with Crippen LogP contribution >= 0.6 is 0 Å². The van der Waals surface area contributed by atoms with Gasteiger partial charge in [0.05, 0.1) is 12.1 Å². The maximum atomic E-state index is 11.6. The summed E-state index contributed by atoms with van der Waals surface area (Å²) in [4.78, 5) is 11.6. The SMILES string of the molecule is CC(O)CNC(=O)C1CCCC(C)N1. The van der Waals surface area contributed by atoms with Gasteiger partial charge in [-0.1, -0.05) is 0 Å². The van der Waals surface area contributed by atoms with Gasteiger partial charge < -0.3 is 15.7 Å². The number of carbonyl (C=O) groups is 1. The van der Waals surface area contributed by atoms with Gasteiger partial charge in [-0.15, -0.1) is 0 Å². The van der Waals surface area contributed by atoms with Crippen molar-refractivity contribution >= 4 is 5.91 Å². The van der Waals surface area contributed by atoms with Crippen LogP contribution in [-0.4, -0.2) is 35.7 Å². The number of hydrogen-bond acceptors (Lipinski definition) is 3. The van der Waals surface area contributed by atoms with Crippen molar-refractivity contribution in [1.82, 2.24) is 10.6 Å². The Kier molecular flexibility index (Phi) is 4.35. The first-order valence-corrected chi connectivity index (χ1v) is 5.31. The van der Waals surface area contributed by atoms with Gasteiger partial charge in [-0.05, 0) is 33.1 Å². The zero-order valence-corrected chi connectivity index (χ0v) is 8.92. The van der Waals surface area contributed by atoms with Crippen LogP contribution in [0.25, 0.3) is 0 Å². The third-order valence-corrected chi connectivity index (χ3v) is 2.50. The largest absolute Gasteiger partial charge is 0.392 e. The van der Waals surface area contributed by atoms with Crippen molar-refractivity contribution in [2.24, 2.45) is 0 Å². The molecule has 3 atom stereocenters. The molecule has 0 radical (unpaired) electrons. The van der Waals surface area contributed by atoms with Crippen molar-refractivity contribution in [1.29, 1.82) is 0 Å². The summed E-state index contributed by atoms with van der Waals surface area (Å²) in [5.41, 5.74) is 0. The highest BCUT2D eigenvalue weighted by Gasteiger charge is 2.23. The first-order valence-electron chi connectivity index (χ1n) is 5.31. The number of piperidine rings is 1. The monoisotopic (exact) mass is 200 g/mol. The van der Waals surface area contributed by atoms with Crippen molar-refractivity contribution in [2.75, 3.05) is 6.54 Å². The van der Waals surface area contributed by atoms with Gasteiger partial charge in [-0.2, -0.15) is 0 Å². The number of aliphatic hydroxyl groups excluding tert-OH is 1. The fourth-order valence-corrected chi connectivity index (χ4v) is 1.72. The first kappa shape index (κ1) is 11.5. The molecule has 1 aliphatic rings. The van der Waals surface area contributed by atoms with E-state index in [1.807, 2.05) is 0 Å². The molecule has 0 saturated carbocycles. The van der Waals surface area contributed by atoms with Gasteiger partial charge in [-0.25, -0.2) is 0 Å². The van der Waals surface area contributed by atoms with E-state index in [1.165, 1.54) is 0 Å². The molecular weight excluding hydrogens is 180 g/mol. The number of aliphatic hydroxyl groups is 1. The topological polar surface area (TPSA) is 61.4 Å². The lowest BCUT2D eigenvalue weighted by molar-refractivity contribution is -0.124. The second-order valence-corrected chi connectivity index (χ2v) is 4.15. The van der Waals surface area contributed by atoms with Crippen LogP contribution in [0.3, 0.4) is 0 Å². The third kappa shape index (κ3) is 3.64. The Balaban J connectivity index is 2.29. The quantitative estimate of drug-likeness (QED) is 0.601. The molecule has 1 fully saturated rings. The summed E-state index contributed by atoms with van der Waals surface area (Å²) in [6.45, 7) is 4.09. The molecular formula is C10H20N2O2. The smallest absolute Gasteiger partial charge is 0.237 e. The van der Waals surface area contributed by atoms with E-state index < -0.39 is 6.10 Å². The maximum Gasteiger partial charge on any atom is 0.237 e. The van der Waals surface area contributed by atoms with E-state index in [0.717, 1.165) is 19.3 Å². The van der Waals surface area contributed by atoms with Crippen LogP contribution in [0, 0.1) is 0 Å². The molecule has 3 N–H and O–H groups in total. The van der Waals surface area contributed by atoms with E-state index >= 15 is 0 Å². The Morgan fingerprint density at radius 3 is 2.93 bits per heavy atom. The molecule has 0 bridgehead atoms. The van der Waals surface area contributed by atoms with Crippen LogP contribution in [0.2, 0.25) is 0 Å². The highest BCUT2D eigenvalue weighted by Crippen LogP contribution is 2.12. The highest BCUT2D eigenvalue weighted by atomic mass is 16.3. The van der Waals surface area contributed by atoms with Gasteiger partial charge in [0.25, 0.3) is 0 Å². The molecule has 1 amide bonds. The summed E-state index contributed by atoms with van der Waals surface area (Å²) in [5, 5.41) is 15.0. The van der Waals surface area contributed by atoms with Crippen LogP contribution in [0.15, 0.2) is 0 Å². The molecule has 1 heterocycles. The van der Waals surface area contributed by atoms with Gasteiger partial charge in [0.2, 0.25) is 5.91 Å². The highest BCUT2D eigenvalue weighted by molar-refractivity contribution is 5.81. The Bertz CT molecular complexity index is 195. The molecule has 0 spiro atoms. The van der Waals surface area contributed by atoms with Crippen LogP contribution in [0.5, 0.6) is 0 Å². The molecule has 3 unspecified atom stereocenters. The third-order valence-electron chi connectivity index (χ3n) is 2.50. The van der Waals surface area contributed by atoms with Crippen LogP contribution in [0.4, 0.5) is 0 Å². The van der Waals surface area contributed by atoms with Crippen molar-refractivity contribution in [2.45, 2.75) is 51.3 Å². The molecule has 82 valence electrons. The van der Waals surface area contributed by atoms with Gasteiger partial charge in [-0.3, -0.25) is 4.79 Å². The summed E-state index contributed by atoms with van der Waals surface area (Å²) in [7, 11) is 0. The minimum Gasteiger partial charge on any atom is -0.392 e. The minimum atomic E-state index is -0.472. The molecule has 0 aromatic heterocycles. The zero-order valence-electron chi connectivity index (χ0n) is 8.92. The Morgan fingerprint density at radius 1 is 1.64 bits per heavy atom. The average molecular weight is 200 g/mol. The number of amides is 1. The molecule has 14 heavy (non-hydrogen) atoms. The Morgan fingerprint density at radius 2 is 2.36 bits per heavy atom. The van der Waals surface area contributed by atoms with Crippen molar-refractivity contribution < 1.29 is 9.90 Å². The molecule has 1 rings (SSSR count). The summed E-state index contributed by atoms with van der Waals surface area (Å²) < 4.78 is 0. The fourth-order valence-electron chi connectivity index (χ4n) is 1.72. The number of hydrogen-bond donors (Lipinski definition) is 3. The van der Waals surface area contributed by atoms with Gasteiger partial charge >= 0.3 is 0 Å². The lowest BCUT2D eigenvalue weighted by atomic mass is 9.99. The summed E-state index contributed by atoms with van der Waals surface area (Å²) >= 11 is 0. The molecule has 0 aromatic rings. The van der Waals surface area contributed by atoms with E-state index in [0.29, 0.717) is 12.6 Å². The summed E-state index contributed by atoms with van der Waals surface area (Å²) in [5.74, 6) is 0.0115. The Labute approximate surface area is 85.1 Å². The van der Waals surface area contributed by atoms with E-state index in [9.17, 15) is 4.79 Å². The molecule has 1 saturated heterocycles. The molecule has 4 heteroatoms. The summed E-state index contributed by atoms with van der Waals surface area (Å²) in [6, 6.07) is 0.351. The lowest BCUT2D eigenvalue weighted by Gasteiger charge is -2.27. The predicted octanol–water partition coefficient (Wildman–Crippen LogP) is 0.0140. The van der Waals surface area contributed by atoms with Crippen LogP contribution in [-0.2, 0) is 4.79 Å². The first-order chi connectivity index (χ1) is 6.59. The molecule has 1 aliphatic heterocycles. The lowest BCUT2D eigenvalue weighted by Crippen LogP contribution is -2.50. The van der Waals surface area contributed by atoms with Crippen LogP contribution in [0.1, 0.15) is 33.1 Å². The number of rotatable bonds is 3. The van der Waals surface area contributed by atoms with E-state index in [1.54, 1.807) is 6.92 Å². The summed E-state index contributed by atoms with van der Waals surface area (Å²) in [6.07, 6.45) is 2.66. The minimum absolute atomic E-state index is 0.0115. The van der Waals surface area contributed by atoms with Gasteiger partial charge in [0.15, 0.2) is 0 Å². The zero-order chi connectivity index (χ0) is 10.6. The van der Waals surface area contributed by atoms with E-state index in [4.69, 9.17) is 5.11 Å². The van der Waals surface area contributed by atoms with Crippen molar-refractivity contribution in [3.8, 4) is 0 Å². The van der Waals surface area contributed by atoms with Crippen LogP contribution < -0.4 is 10.6 Å². The second kappa shape index (κ2) is 5.32. The predicted molar refractivity (Wildman–Crippen MR) is 54.9 cm³/mol. The van der Waals surface area contributed by atoms with Gasteiger partial charge in [0, 0.05) is 12.6 Å². The molecule has 0 aliphatic carbocycles. The van der Waals surface area contributed by atoms with Gasteiger partial charge in [0.1, 0.15) is 0 Å². The number of nitrogens with one attached hydrogen (secondary N) is 2. The van der Waals surface area contributed by atoms with Crippen molar-refractivity contribution in [3.05, 3.63) is 0 Å². The van der Waals surface area contributed by atoms with E-state index in [-0.39, 0.29) is 11.9 Å². The Hall–Kier alpha value is -0.610.